The summed E-state index contributed by atoms with van der Waals surface area (Å²) in [7, 11) is 0. The van der Waals surface area contributed by atoms with Crippen LogP contribution < -0.4 is 4.74 Å². The lowest BCUT2D eigenvalue weighted by molar-refractivity contribution is -0.138. The molecule has 1 aliphatic rings. The summed E-state index contributed by atoms with van der Waals surface area (Å²) >= 11 is 1.61. The van der Waals surface area contributed by atoms with E-state index in [1.807, 2.05) is 17.0 Å². The molecule has 1 aromatic carbocycles. The van der Waals surface area contributed by atoms with E-state index in [0.717, 1.165) is 35.7 Å². The van der Waals surface area contributed by atoms with Gasteiger partial charge in [0.05, 0.1) is 12.2 Å². The normalized spacial score (nSPS) is 15.6. The van der Waals surface area contributed by atoms with Crippen molar-refractivity contribution in [3.8, 4) is 5.75 Å². The Bertz CT molecular complexity index is 775. The molecule has 4 nitrogen and oxygen atoms in total. The average Bonchev–Trinajstić information content (AvgIpc) is 3.34. The third-order valence-electron chi connectivity index (χ3n) is 5.60. The van der Waals surface area contributed by atoms with Crippen LogP contribution in [0.5, 0.6) is 5.75 Å². The molecule has 0 N–H and O–H groups in total. The minimum Gasteiger partial charge on any atom is -0.486 e. The monoisotopic (exact) mass is 400 g/mol. The van der Waals surface area contributed by atoms with Gasteiger partial charge in [-0.2, -0.15) is 0 Å². The topological polar surface area (TPSA) is 42.4 Å². The molecule has 0 radical (unpaired) electrons. The third-order valence-corrected chi connectivity index (χ3v) is 6.47. The van der Waals surface area contributed by atoms with E-state index in [-0.39, 0.29) is 12.0 Å². The number of aromatic nitrogens is 1. The largest absolute Gasteiger partial charge is 0.486 e. The van der Waals surface area contributed by atoms with Gasteiger partial charge in [0.1, 0.15) is 17.4 Å². The molecule has 1 aliphatic carbocycles. The maximum atomic E-state index is 13.0. The first-order chi connectivity index (χ1) is 13.5. The predicted molar refractivity (Wildman–Crippen MR) is 115 cm³/mol. The molecule has 1 saturated carbocycles. The number of aryl methyl sites for hydroxylation is 2. The van der Waals surface area contributed by atoms with Crippen molar-refractivity contribution in [2.24, 2.45) is 5.92 Å². The predicted octanol–water partition coefficient (Wildman–Crippen LogP) is 5.66. The van der Waals surface area contributed by atoms with Gasteiger partial charge in [0.15, 0.2) is 0 Å². The standard InChI is InChI=1S/C23H32N2O2S/c1-5-18(4)25(23(26)19-8-6-7-9-19)13-20-15-28-22(24-20)14-27-21-11-16(2)10-17(3)12-21/h10-12,15,18-19H,5-9,13-14H2,1-4H3/t18-/m1/s1. The fourth-order valence-electron chi connectivity index (χ4n) is 3.90. The maximum Gasteiger partial charge on any atom is 0.226 e. The lowest BCUT2D eigenvalue weighted by Gasteiger charge is -2.30. The molecule has 28 heavy (non-hydrogen) atoms. The number of nitrogens with zero attached hydrogens (tertiary/aromatic N) is 2. The van der Waals surface area contributed by atoms with Gasteiger partial charge in [-0.15, -0.1) is 11.3 Å². The maximum absolute atomic E-state index is 13.0. The third kappa shape index (κ3) is 5.34. The van der Waals surface area contributed by atoms with Crippen LogP contribution in [-0.4, -0.2) is 21.8 Å². The lowest BCUT2D eigenvalue weighted by atomic mass is 10.0. The summed E-state index contributed by atoms with van der Waals surface area (Å²) in [4.78, 5) is 19.8. The SMILES string of the molecule is CC[C@@H](C)N(Cc1csc(COc2cc(C)cc(C)c2)n1)C(=O)C1CCCC1. The van der Waals surface area contributed by atoms with Crippen LogP contribution in [-0.2, 0) is 17.9 Å². The van der Waals surface area contributed by atoms with Crippen molar-refractivity contribution in [1.29, 1.82) is 0 Å². The van der Waals surface area contributed by atoms with Gasteiger partial charge in [-0.1, -0.05) is 25.8 Å². The molecule has 0 bridgehead atoms. The van der Waals surface area contributed by atoms with E-state index in [1.54, 1.807) is 11.3 Å². The number of hydrogen-bond donors (Lipinski definition) is 0. The molecule has 1 aromatic heterocycles. The fourth-order valence-corrected chi connectivity index (χ4v) is 4.60. The second-order valence-corrected chi connectivity index (χ2v) is 8.99. The van der Waals surface area contributed by atoms with E-state index in [2.05, 4.69) is 39.1 Å². The molecule has 1 atom stereocenters. The van der Waals surface area contributed by atoms with Gasteiger partial charge in [-0.25, -0.2) is 4.98 Å². The molecule has 152 valence electrons. The van der Waals surface area contributed by atoms with Crippen LogP contribution in [0.2, 0.25) is 0 Å². The molecule has 3 rings (SSSR count). The summed E-state index contributed by atoms with van der Waals surface area (Å²) in [5.74, 6) is 1.40. The van der Waals surface area contributed by atoms with Gasteiger partial charge < -0.3 is 9.64 Å². The van der Waals surface area contributed by atoms with E-state index in [9.17, 15) is 4.79 Å². The first-order valence-electron chi connectivity index (χ1n) is 10.4. The number of hydrogen-bond acceptors (Lipinski definition) is 4. The first-order valence-corrected chi connectivity index (χ1v) is 11.3. The van der Waals surface area contributed by atoms with E-state index < -0.39 is 0 Å². The van der Waals surface area contributed by atoms with Gasteiger partial charge in [0.2, 0.25) is 5.91 Å². The summed E-state index contributed by atoms with van der Waals surface area (Å²) in [5.41, 5.74) is 3.37. The van der Waals surface area contributed by atoms with Crippen LogP contribution in [0.15, 0.2) is 23.6 Å². The van der Waals surface area contributed by atoms with Crippen molar-refractivity contribution in [3.05, 3.63) is 45.4 Å². The zero-order valence-electron chi connectivity index (χ0n) is 17.5. The van der Waals surface area contributed by atoms with E-state index in [0.29, 0.717) is 19.1 Å². The fraction of sp³-hybridized carbons (Fsp3) is 0.565. The quantitative estimate of drug-likeness (QED) is 0.574. The smallest absolute Gasteiger partial charge is 0.226 e. The van der Waals surface area contributed by atoms with Gasteiger partial charge in [-0.3, -0.25) is 4.79 Å². The number of thiazole rings is 1. The summed E-state index contributed by atoms with van der Waals surface area (Å²) in [6.45, 7) is 9.50. The van der Waals surface area contributed by atoms with Crippen LogP contribution >= 0.6 is 11.3 Å². The lowest BCUT2D eigenvalue weighted by Crippen LogP contribution is -2.41. The summed E-state index contributed by atoms with van der Waals surface area (Å²) in [6, 6.07) is 6.47. The molecular weight excluding hydrogens is 368 g/mol. The number of amides is 1. The Labute approximate surface area is 172 Å². The van der Waals surface area contributed by atoms with Crippen molar-refractivity contribution in [3.63, 3.8) is 0 Å². The van der Waals surface area contributed by atoms with Crippen LogP contribution in [0.25, 0.3) is 0 Å². The molecule has 1 amide bonds. The van der Waals surface area contributed by atoms with Gasteiger partial charge in [-0.05, 0) is 63.3 Å². The Morgan fingerprint density at radius 2 is 1.93 bits per heavy atom. The van der Waals surface area contributed by atoms with Crippen molar-refractivity contribution < 1.29 is 9.53 Å². The molecular formula is C23H32N2O2S. The van der Waals surface area contributed by atoms with E-state index in [4.69, 9.17) is 9.72 Å². The van der Waals surface area contributed by atoms with E-state index >= 15 is 0 Å². The molecule has 2 aromatic rings. The molecule has 0 spiro atoms. The number of ether oxygens (including phenoxy) is 1. The Morgan fingerprint density at radius 3 is 2.57 bits per heavy atom. The second-order valence-electron chi connectivity index (χ2n) is 8.05. The molecule has 0 saturated heterocycles. The van der Waals surface area contributed by atoms with Crippen molar-refractivity contribution in [2.45, 2.75) is 79.0 Å². The average molecular weight is 401 g/mol. The van der Waals surface area contributed by atoms with Crippen molar-refractivity contribution in [2.75, 3.05) is 0 Å². The van der Waals surface area contributed by atoms with E-state index in [1.165, 1.54) is 24.0 Å². The zero-order valence-corrected chi connectivity index (χ0v) is 18.3. The Morgan fingerprint density at radius 1 is 1.25 bits per heavy atom. The highest BCUT2D eigenvalue weighted by Crippen LogP contribution is 2.28. The summed E-state index contributed by atoms with van der Waals surface area (Å²) < 4.78 is 5.94. The van der Waals surface area contributed by atoms with Crippen molar-refractivity contribution >= 4 is 17.2 Å². The van der Waals surface area contributed by atoms with Gasteiger partial charge in [0, 0.05) is 17.3 Å². The minimum atomic E-state index is 0.208. The molecule has 1 heterocycles. The number of benzene rings is 1. The minimum absolute atomic E-state index is 0.208. The van der Waals surface area contributed by atoms with Crippen LogP contribution in [0.1, 0.15) is 67.8 Å². The number of carbonyl (C=O) groups excluding carboxylic acids is 1. The Balaban J connectivity index is 1.63. The molecule has 0 aliphatic heterocycles. The summed E-state index contributed by atoms with van der Waals surface area (Å²) in [6.07, 6.45) is 5.41. The molecule has 5 heteroatoms. The Kier molecular flexibility index (Phi) is 7.11. The summed E-state index contributed by atoms with van der Waals surface area (Å²) in [5, 5.41) is 3.02. The highest BCUT2D eigenvalue weighted by atomic mass is 32.1. The van der Waals surface area contributed by atoms with Gasteiger partial charge in [0.25, 0.3) is 0 Å². The van der Waals surface area contributed by atoms with Crippen molar-refractivity contribution in [1.82, 2.24) is 9.88 Å². The number of carbonyl (C=O) groups is 1. The van der Waals surface area contributed by atoms with Crippen LogP contribution in [0, 0.1) is 19.8 Å². The van der Waals surface area contributed by atoms with Gasteiger partial charge >= 0.3 is 0 Å². The highest BCUT2D eigenvalue weighted by Gasteiger charge is 2.29. The zero-order chi connectivity index (χ0) is 20.1. The molecule has 1 fully saturated rings. The first kappa shape index (κ1) is 20.8. The second kappa shape index (κ2) is 9.55. The Hall–Kier alpha value is -1.88. The number of rotatable bonds is 8. The van der Waals surface area contributed by atoms with Crippen LogP contribution in [0.4, 0.5) is 0 Å². The molecule has 0 unspecified atom stereocenters. The van der Waals surface area contributed by atoms with Crippen LogP contribution in [0.3, 0.4) is 0 Å². The highest BCUT2D eigenvalue weighted by molar-refractivity contribution is 7.09.